The molecule has 5 heteroatoms. The highest BCUT2D eigenvalue weighted by atomic mass is 35.5. The molecule has 1 rings (SSSR count). The highest BCUT2D eigenvalue weighted by Crippen LogP contribution is 2.14. The van der Waals surface area contributed by atoms with E-state index in [4.69, 9.17) is 16.7 Å². The van der Waals surface area contributed by atoms with Gasteiger partial charge in [0.25, 0.3) is 5.91 Å². The molecule has 0 bridgehead atoms. The van der Waals surface area contributed by atoms with Gasteiger partial charge in [-0.15, -0.1) is 0 Å². The summed E-state index contributed by atoms with van der Waals surface area (Å²) in [6, 6.07) is 3.29. The van der Waals surface area contributed by atoms with Crippen molar-refractivity contribution in [3.05, 3.63) is 41.2 Å². The van der Waals surface area contributed by atoms with E-state index in [-0.39, 0.29) is 22.9 Å². The van der Waals surface area contributed by atoms with Gasteiger partial charge in [0.15, 0.2) is 0 Å². The molecule has 1 amide bonds. The van der Waals surface area contributed by atoms with Gasteiger partial charge < -0.3 is 10.4 Å². The van der Waals surface area contributed by atoms with E-state index in [2.05, 4.69) is 11.9 Å². The van der Waals surface area contributed by atoms with Crippen LogP contribution in [0.25, 0.3) is 0 Å². The van der Waals surface area contributed by atoms with Crippen molar-refractivity contribution in [2.45, 2.75) is 0 Å². The minimum absolute atomic E-state index is 0.0701. The Labute approximate surface area is 91.2 Å². The largest absolute Gasteiger partial charge is 0.508 e. The Kier molecular flexibility index (Phi) is 3.68. The molecule has 0 saturated heterocycles. The molecule has 0 spiro atoms. The van der Waals surface area contributed by atoms with E-state index in [9.17, 15) is 9.18 Å². The predicted molar refractivity (Wildman–Crippen MR) is 55.4 cm³/mol. The third kappa shape index (κ3) is 3.25. The molecule has 0 aromatic heterocycles. The molecule has 2 N–H and O–H groups in total. The summed E-state index contributed by atoms with van der Waals surface area (Å²) in [5, 5.41) is 11.5. The minimum atomic E-state index is -0.785. The molecule has 0 saturated carbocycles. The number of phenols is 1. The average molecular weight is 230 g/mol. The monoisotopic (exact) mass is 229 g/mol. The van der Waals surface area contributed by atoms with Crippen molar-refractivity contribution >= 4 is 17.5 Å². The molecule has 0 heterocycles. The standard InChI is InChI=1S/C10H9ClFNO2/c1-6(11)5-13-10(15)8-3-2-7(14)4-9(8)12/h2-4,14H,1,5H2,(H,13,15). The maximum Gasteiger partial charge on any atom is 0.254 e. The molecule has 0 aliphatic rings. The Balaban J connectivity index is 2.78. The first-order chi connectivity index (χ1) is 7.00. The number of rotatable bonds is 3. The van der Waals surface area contributed by atoms with Gasteiger partial charge in [-0.25, -0.2) is 4.39 Å². The van der Waals surface area contributed by atoms with Crippen LogP contribution in [0.2, 0.25) is 0 Å². The second-order valence-electron chi connectivity index (χ2n) is 2.86. The van der Waals surface area contributed by atoms with Crippen LogP contribution in [0.3, 0.4) is 0 Å². The van der Waals surface area contributed by atoms with Gasteiger partial charge in [-0.2, -0.15) is 0 Å². The lowest BCUT2D eigenvalue weighted by atomic mass is 10.2. The molecule has 0 fully saturated rings. The van der Waals surface area contributed by atoms with E-state index in [1.807, 2.05) is 0 Å². The number of aromatic hydroxyl groups is 1. The summed E-state index contributed by atoms with van der Waals surface area (Å²) in [7, 11) is 0. The zero-order valence-electron chi connectivity index (χ0n) is 7.76. The Hall–Kier alpha value is -1.55. The molecule has 1 aromatic carbocycles. The van der Waals surface area contributed by atoms with Gasteiger partial charge in [-0.3, -0.25) is 4.79 Å². The molecule has 0 radical (unpaired) electrons. The first-order valence-corrected chi connectivity index (χ1v) is 4.48. The lowest BCUT2D eigenvalue weighted by molar-refractivity contribution is 0.0953. The third-order valence-electron chi connectivity index (χ3n) is 1.64. The summed E-state index contributed by atoms with van der Waals surface area (Å²) in [6.07, 6.45) is 0. The highest BCUT2D eigenvalue weighted by Gasteiger charge is 2.11. The third-order valence-corrected chi connectivity index (χ3v) is 1.77. The van der Waals surface area contributed by atoms with E-state index >= 15 is 0 Å². The molecule has 3 nitrogen and oxygen atoms in total. The van der Waals surface area contributed by atoms with Gasteiger partial charge in [-0.05, 0) is 12.1 Å². The first kappa shape index (κ1) is 11.5. The van der Waals surface area contributed by atoms with Gasteiger partial charge in [0, 0.05) is 11.1 Å². The Morgan fingerprint density at radius 2 is 2.27 bits per heavy atom. The second-order valence-corrected chi connectivity index (χ2v) is 3.40. The number of nitrogens with one attached hydrogen (secondary N) is 1. The lowest BCUT2D eigenvalue weighted by Gasteiger charge is -2.04. The maximum atomic E-state index is 13.1. The number of halogens is 2. The number of benzene rings is 1. The Bertz CT molecular complexity index is 406. The van der Waals surface area contributed by atoms with E-state index in [1.54, 1.807) is 0 Å². The van der Waals surface area contributed by atoms with Crippen molar-refractivity contribution in [3.8, 4) is 5.75 Å². The van der Waals surface area contributed by atoms with Crippen LogP contribution in [0, 0.1) is 5.82 Å². The van der Waals surface area contributed by atoms with Gasteiger partial charge >= 0.3 is 0 Å². The molecule has 0 aliphatic heterocycles. The number of carbonyl (C=O) groups excluding carboxylic acids is 1. The van der Waals surface area contributed by atoms with E-state index < -0.39 is 11.7 Å². The normalized spacial score (nSPS) is 9.73. The molecule has 1 aromatic rings. The van der Waals surface area contributed by atoms with Crippen molar-refractivity contribution < 1.29 is 14.3 Å². The quantitative estimate of drug-likeness (QED) is 0.833. The molecule has 0 atom stereocenters. The van der Waals surface area contributed by atoms with Crippen LogP contribution in [0.4, 0.5) is 4.39 Å². The van der Waals surface area contributed by atoms with Crippen LogP contribution in [-0.2, 0) is 0 Å². The van der Waals surface area contributed by atoms with Crippen LogP contribution < -0.4 is 5.32 Å². The van der Waals surface area contributed by atoms with E-state index in [0.29, 0.717) is 0 Å². The number of hydrogen-bond acceptors (Lipinski definition) is 2. The molecule has 0 aliphatic carbocycles. The van der Waals surface area contributed by atoms with Crippen molar-refractivity contribution in [1.29, 1.82) is 0 Å². The van der Waals surface area contributed by atoms with Crippen LogP contribution in [-0.4, -0.2) is 17.6 Å². The van der Waals surface area contributed by atoms with Crippen LogP contribution in [0.5, 0.6) is 5.75 Å². The number of hydrogen-bond donors (Lipinski definition) is 2. The summed E-state index contributed by atoms with van der Waals surface area (Å²) >= 11 is 5.43. The summed E-state index contributed by atoms with van der Waals surface area (Å²) in [4.78, 5) is 11.3. The van der Waals surface area contributed by atoms with E-state index in [1.165, 1.54) is 12.1 Å². The number of carbonyl (C=O) groups is 1. The minimum Gasteiger partial charge on any atom is -0.508 e. The van der Waals surface area contributed by atoms with Crippen LogP contribution in [0.1, 0.15) is 10.4 Å². The van der Waals surface area contributed by atoms with Crippen molar-refractivity contribution in [3.63, 3.8) is 0 Å². The topological polar surface area (TPSA) is 49.3 Å². The summed E-state index contributed by atoms with van der Waals surface area (Å²) in [5.74, 6) is -1.62. The fourth-order valence-corrected chi connectivity index (χ4v) is 1.03. The molecular weight excluding hydrogens is 221 g/mol. The number of phenolic OH excluding ortho intramolecular Hbond substituents is 1. The fourth-order valence-electron chi connectivity index (χ4n) is 0.960. The first-order valence-electron chi connectivity index (χ1n) is 4.10. The summed E-state index contributed by atoms with van der Waals surface area (Å²) in [5.41, 5.74) is -0.147. The van der Waals surface area contributed by atoms with Crippen molar-refractivity contribution in [1.82, 2.24) is 5.32 Å². The smallest absolute Gasteiger partial charge is 0.254 e. The lowest BCUT2D eigenvalue weighted by Crippen LogP contribution is -2.25. The molecule has 15 heavy (non-hydrogen) atoms. The second kappa shape index (κ2) is 4.79. The summed E-state index contributed by atoms with van der Waals surface area (Å²) in [6.45, 7) is 3.44. The van der Waals surface area contributed by atoms with Gasteiger partial charge in [0.05, 0.1) is 12.1 Å². The fraction of sp³-hybridized carbons (Fsp3) is 0.100. The zero-order valence-corrected chi connectivity index (χ0v) is 8.51. The Morgan fingerprint density at radius 3 is 2.80 bits per heavy atom. The highest BCUT2D eigenvalue weighted by molar-refractivity contribution is 6.29. The molecular formula is C10H9ClFNO2. The molecule has 0 unspecified atom stereocenters. The zero-order chi connectivity index (χ0) is 11.4. The molecule has 80 valence electrons. The maximum absolute atomic E-state index is 13.1. The van der Waals surface area contributed by atoms with Gasteiger partial charge in [-0.1, -0.05) is 18.2 Å². The Morgan fingerprint density at radius 1 is 1.60 bits per heavy atom. The number of amides is 1. The van der Waals surface area contributed by atoms with Crippen molar-refractivity contribution in [2.75, 3.05) is 6.54 Å². The van der Waals surface area contributed by atoms with Gasteiger partial charge in [0.1, 0.15) is 11.6 Å². The van der Waals surface area contributed by atoms with E-state index in [0.717, 1.165) is 6.07 Å². The van der Waals surface area contributed by atoms with Crippen molar-refractivity contribution in [2.24, 2.45) is 0 Å². The summed E-state index contributed by atoms with van der Waals surface area (Å²) < 4.78 is 13.1. The average Bonchev–Trinajstić information content (AvgIpc) is 2.14. The SMILES string of the molecule is C=C(Cl)CNC(=O)c1ccc(O)cc1F. The van der Waals surface area contributed by atoms with Gasteiger partial charge in [0.2, 0.25) is 0 Å². The van der Waals surface area contributed by atoms with Crippen LogP contribution in [0.15, 0.2) is 29.8 Å². The predicted octanol–water partition coefficient (Wildman–Crippen LogP) is 2.01. The van der Waals surface area contributed by atoms with Crippen LogP contribution >= 0.6 is 11.6 Å².